The van der Waals surface area contributed by atoms with E-state index in [1.54, 1.807) is 12.1 Å². The van der Waals surface area contributed by atoms with Crippen molar-refractivity contribution in [2.75, 3.05) is 0 Å². The molecule has 0 bridgehead atoms. The van der Waals surface area contributed by atoms with E-state index in [1.807, 2.05) is 6.07 Å². The van der Waals surface area contributed by atoms with Crippen molar-refractivity contribution >= 4 is 11.6 Å². The van der Waals surface area contributed by atoms with Crippen LogP contribution in [0.25, 0.3) is 0 Å². The Kier molecular flexibility index (Phi) is 4.37. The maximum absolute atomic E-state index is 10.5. The predicted molar refractivity (Wildman–Crippen MR) is 55.8 cm³/mol. The number of halogens is 2. The molecule has 5 heteroatoms. The summed E-state index contributed by atoms with van der Waals surface area (Å²) in [5.74, 6) is 0. The number of rotatable bonds is 2. The molecule has 0 unspecified atom stereocenters. The van der Waals surface area contributed by atoms with Crippen LogP contribution in [0.4, 0.5) is 0 Å². The Hall–Kier alpha value is 0.120. The van der Waals surface area contributed by atoms with Crippen molar-refractivity contribution in [2.24, 2.45) is 0 Å². The van der Waals surface area contributed by atoms with Crippen molar-refractivity contribution < 1.29 is 26.7 Å². The molecule has 15 heavy (non-hydrogen) atoms. The molecule has 0 saturated carbocycles. The average molecular weight is 342 g/mol. The third-order valence-electron chi connectivity index (χ3n) is 1.91. The van der Waals surface area contributed by atoms with Crippen LogP contribution in [0.1, 0.15) is 26.3 Å². The molecule has 86 valence electrons. The number of nitrogens with zero attached hydrogens (tertiary/aromatic N) is 1. The van der Waals surface area contributed by atoms with Crippen LogP contribution in [-0.4, -0.2) is 8.65 Å². The van der Waals surface area contributed by atoms with Crippen molar-refractivity contribution in [3.63, 3.8) is 0 Å². The van der Waals surface area contributed by atoms with E-state index in [4.69, 9.17) is 16.8 Å². The van der Waals surface area contributed by atoms with Crippen LogP contribution in [0.5, 0.6) is 0 Å². The van der Waals surface area contributed by atoms with E-state index in [2.05, 4.69) is 20.8 Å². The third-order valence-corrected chi connectivity index (χ3v) is 3.88. The molecule has 0 saturated heterocycles. The van der Waals surface area contributed by atoms with E-state index in [0.29, 0.717) is 5.02 Å². The first-order valence-electron chi connectivity index (χ1n) is 4.42. The van der Waals surface area contributed by atoms with Gasteiger partial charge >= 0.3 is 105 Å². The summed E-state index contributed by atoms with van der Waals surface area (Å²) in [4.78, 5) is 0. The van der Waals surface area contributed by atoms with E-state index < -0.39 is 21.5 Å². The van der Waals surface area contributed by atoms with Gasteiger partial charge in [-0.3, -0.25) is 0 Å². The van der Waals surface area contributed by atoms with E-state index in [1.165, 1.54) is 0 Å². The van der Waals surface area contributed by atoms with Gasteiger partial charge in [-0.2, -0.15) is 0 Å². The molecule has 3 nitrogen and oxygen atoms in total. The molecular weight excluding hydrogens is 328 g/mol. The summed E-state index contributed by atoms with van der Waals surface area (Å²) in [6.45, 7) is 6.18. The third kappa shape index (κ3) is 3.88. The first-order chi connectivity index (χ1) is 6.80. The van der Waals surface area contributed by atoms with Gasteiger partial charge in [-0.05, 0) is 0 Å². The molecule has 0 aliphatic rings. The Bertz CT molecular complexity index is 350. The van der Waals surface area contributed by atoms with Crippen molar-refractivity contribution in [1.82, 2.24) is 3.44 Å². The van der Waals surface area contributed by atoms with Crippen LogP contribution in [0.2, 0.25) is 5.02 Å². The number of benzene rings is 1. The summed E-state index contributed by atoms with van der Waals surface area (Å²) in [7, 11) is 0. The zero-order valence-electron chi connectivity index (χ0n) is 8.79. The van der Waals surface area contributed by atoms with Gasteiger partial charge in [0.05, 0.1) is 0 Å². The molecule has 1 rings (SSSR count). The van der Waals surface area contributed by atoms with Crippen LogP contribution in [0.15, 0.2) is 18.2 Å². The quantitative estimate of drug-likeness (QED) is 0.468. The van der Waals surface area contributed by atoms with Crippen LogP contribution >= 0.6 is 11.6 Å². The van der Waals surface area contributed by atoms with Crippen molar-refractivity contribution in [3.8, 4) is 0 Å². The molecule has 0 aliphatic heterocycles. The van der Waals surface area contributed by atoms with Gasteiger partial charge in [-0.25, -0.2) is 0 Å². The molecule has 0 amide bonds. The maximum atomic E-state index is 10.5. The molecule has 0 aromatic heterocycles. The van der Waals surface area contributed by atoms with Crippen molar-refractivity contribution in [1.29, 1.82) is 0 Å². The summed E-state index contributed by atoms with van der Waals surface area (Å²) in [6.07, 6.45) is 0. The Morgan fingerprint density at radius 3 is 2.47 bits per heavy atom. The first-order valence-corrected chi connectivity index (χ1v) is 6.84. The fourth-order valence-corrected chi connectivity index (χ4v) is 2.88. The Balaban J connectivity index is 3.06. The second-order valence-corrected chi connectivity index (χ2v) is 7.15. The standard InChI is InChI=1S/C10H13ClINO2/c1-10(2,3)8-6-7(12-13(14)15)4-5-9(8)11/h4-6,14H,1-3H3/q-2. The normalized spacial score (nSPS) is 12.5. The van der Waals surface area contributed by atoms with Gasteiger partial charge in [-0.1, -0.05) is 0 Å². The van der Waals surface area contributed by atoms with Crippen LogP contribution in [0.3, 0.4) is 0 Å². The van der Waals surface area contributed by atoms with Crippen LogP contribution in [0, 0.1) is 8.78 Å². The predicted octanol–water partition coefficient (Wildman–Crippen LogP) is 0.000100. The van der Waals surface area contributed by atoms with E-state index in [0.717, 1.165) is 9.13 Å². The zero-order chi connectivity index (χ0) is 11.6. The molecular formula is C10H13ClINO2-2. The zero-order valence-corrected chi connectivity index (χ0v) is 11.7. The summed E-state index contributed by atoms with van der Waals surface area (Å²) in [5.41, 5.74) is 0.947. The number of hydrogen-bond acceptors (Lipinski definition) is 3. The fourth-order valence-electron chi connectivity index (χ4n) is 1.21. The molecule has 0 aliphatic carbocycles. The second kappa shape index (κ2) is 4.97. The van der Waals surface area contributed by atoms with Gasteiger partial charge < -0.3 is 0 Å². The Morgan fingerprint density at radius 2 is 2.00 bits per heavy atom. The van der Waals surface area contributed by atoms with Gasteiger partial charge in [0.1, 0.15) is 0 Å². The molecule has 0 fully saturated rings. The van der Waals surface area contributed by atoms with Crippen LogP contribution in [-0.2, 0) is 5.41 Å². The number of hydrogen-bond donors (Lipinski definition) is 1. The molecule has 0 spiro atoms. The summed E-state index contributed by atoms with van der Waals surface area (Å²) < 4.78 is 0.884. The Labute approximate surface area is 105 Å². The summed E-state index contributed by atoms with van der Waals surface area (Å²) in [5, 5.41) is 19.9. The van der Waals surface area contributed by atoms with E-state index in [9.17, 15) is 5.21 Å². The van der Waals surface area contributed by atoms with Gasteiger partial charge in [0.15, 0.2) is 0 Å². The molecule has 1 aromatic carbocycles. The van der Waals surface area contributed by atoms with E-state index >= 15 is 0 Å². The van der Waals surface area contributed by atoms with Crippen LogP contribution < -0.4 is 21.5 Å². The van der Waals surface area contributed by atoms with Crippen molar-refractivity contribution in [3.05, 3.63) is 37.6 Å². The second-order valence-electron chi connectivity index (χ2n) is 4.18. The van der Waals surface area contributed by atoms with E-state index in [-0.39, 0.29) is 8.85 Å². The molecule has 1 N–H and O–H groups in total. The minimum absolute atomic E-state index is 0.0224. The Morgan fingerprint density at radius 1 is 1.40 bits per heavy atom. The van der Waals surface area contributed by atoms with Gasteiger partial charge in [0, 0.05) is 0 Å². The van der Waals surface area contributed by atoms with Crippen molar-refractivity contribution in [2.45, 2.75) is 26.2 Å². The molecule has 1 aromatic rings. The monoisotopic (exact) mass is 341 g/mol. The van der Waals surface area contributed by atoms with Gasteiger partial charge in [0.25, 0.3) is 0 Å². The molecule has 0 heterocycles. The van der Waals surface area contributed by atoms with Gasteiger partial charge in [0.2, 0.25) is 0 Å². The fraction of sp³-hybridized carbons (Fsp3) is 0.400. The summed E-state index contributed by atoms with van der Waals surface area (Å²) in [6, 6.07) is 5.46. The molecule has 0 atom stereocenters. The van der Waals surface area contributed by atoms with Gasteiger partial charge in [-0.15, -0.1) is 0 Å². The SMILES string of the molecule is CC(C)(C)c1cc([I-]N([O-])O)ccc1Cl. The molecule has 0 radical (unpaired) electrons. The average Bonchev–Trinajstić information content (AvgIpc) is 2.05. The topological polar surface area (TPSA) is 46.5 Å². The first kappa shape index (κ1) is 13.2. The minimum atomic E-state index is -1.04. The summed E-state index contributed by atoms with van der Waals surface area (Å²) >= 11 is 5.04.